The van der Waals surface area contributed by atoms with Gasteiger partial charge in [0, 0.05) is 12.1 Å². The Balaban J connectivity index is 1.59. The molecule has 3 heteroatoms. The molecule has 0 radical (unpaired) electrons. The molecule has 2 heterocycles. The fourth-order valence-electron chi connectivity index (χ4n) is 3.13. The van der Waals surface area contributed by atoms with Crippen molar-refractivity contribution in [1.82, 2.24) is 10.6 Å². The Morgan fingerprint density at radius 3 is 2.83 bits per heavy atom. The third kappa shape index (κ3) is 5.50. The standard InChI is InChI=1S/C15H30N2S/c1-13(11-15-5-3-2-4-8-16-15)17-12-14-6-9-18-10-7-14/h13-17H,2-12H2,1H3. The van der Waals surface area contributed by atoms with Crippen LogP contribution in [-0.2, 0) is 0 Å². The van der Waals surface area contributed by atoms with Crippen LogP contribution in [0.1, 0.15) is 51.9 Å². The van der Waals surface area contributed by atoms with E-state index >= 15 is 0 Å². The first kappa shape index (κ1) is 14.7. The minimum atomic E-state index is 0.676. The first-order valence-electron chi connectivity index (χ1n) is 7.89. The third-order valence-electron chi connectivity index (χ3n) is 4.40. The van der Waals surface area contributed by atoms with Crippen LogP contribution >= 0.6 is 11.8 Å². The molecule has 0 aromatic rings. The molecule has 2 nitrogen and oxygen atoms in total. The molecule has 2 atom stereocenters. The molecule has 2 unspecified atom stereocenters. The molecule has 0 bridgehead atoms. The molecular formula is C15H30N2S. The highest BCUT2D eigenvalue weighted by Gasteiger charge is 2.17. The largest absolute Gasteiger partial charge is 0.314 e. The lowest BCUT2D eigenvalue weighted by Gasteiger charge is -2.26. The van der Waals surface area contributed by atoms with Crippen molar-refractivity contribution in [2.24, 2.45) is 5.92 Å². The molecule has 0 amide bonds. The molecule has 2 aliphatic rings. The zero-order valence-electron chi connectivity index (χ0n) is 11.9. The van der Waals surface area contributed by atoms with Gasteiger partial charge in [0.25, 0.3) is 0 Å². The van der Waals surface area contributed by atoms with E-state index in [9.17, 15) is 0 Å². The molecule has 0 aromatic heterocycles. The van der Waals surface area contributed by atoms with Gasteiger partial charge in [-0.2, -0.15) is 11.8 Å². The van der Waals surface area contributed by atoms with Gasteiger partial charge in [0.2, 0.25) is 0 Å². The van der Waals surface area contributed by atoms with Crippen molar-refractivity contribution in [2.75, 3.05) is 24.6 Å². The molecule has 0 aliphatic carbocycles. The Morgan fingerprint density at radius 2 is 2.00 bits per heavy atom. The van der Waals surface area contributed by atoms with E-state index in [1.165, 1.54) is 69.5 Å². The molecule has 2 fully saturated rings. The van der Waals surface area contributed by atoms with Crippen molar-refractivity contribution in [3.8, 4) is 0 Å². The molecule has 18 heavy (non-hydrogen) atoms. The average Bonchev–Trinajstić information content (AvgIpc) is 2.66. The lowest BCUT2D eigenvalue weighted by atomic mass is 10.0. The van der Waals surface area contributed by atoms with E-state index in [0.29, 0.717) is 6.04 Å². The van der Waals surface area contributed by atoms with Gasteiger partial charge in [0.05, 0.1) is 0 Å². The second-order valence-electron chi connectivity index (χ2n) is 6.10. The van der Waals surface area contributed by atoms with E-state index in [1.54, 1.807) is 0 Å². The summed E-state index contributed by atoms with van der Waals surface area (Å²) in [6, 6.07) is 1.44. The number of hydrogen-bond acceptors (Lipinski definition) is 3. The Kier molecular flexibility index (Phi) is 6.88. The van der Waals surface area contributed by atoms with Gasteiger partial charge in [-0.25, -0.2) is 0 Å². The average molecular weight is 270 g/mol. The number of nitrogens with one attached hydrogen (secondary N) is 2. The van der Waals surface area contributed by atoms with Crippen LogP contribution in [0.5, 0.6) is 0 Å². The first-order chi connectivity index (χ1) is 8.84. The summed E-state index contributed by atoms with van der Waals surface area (Å²) in [5.41, 5.74) is 0. The summed E-state index contributed by atoms with van der Waals surface area (Å²) < 4.78 is 0. The van der Waals surface area contributed by atoms with Gasteiger partial charge in [-0.1, -0.05) is 12.8 Å². The number of thioether (sulfide) groups is 1. The highest BCUT2D eigenvalue weighted by atomic mass is 32.2. The van der Waals surface area contributed by atoms with Gasteiger partial charge >= 0.3 is 0 Å². The zero-order valence-corrected chi connectivity index (χ0v) is 12.7. The van der Waals surface area contributed by atoms with E-state index in [1.807, 2.05) is 0 Å². The van der Waals surface area contributed by atoms with Gasteiger partial charge in [-0.3, -0.25) is 0 Å². The highest BCUT2D eigenvalue weighted by molar-refractivity contribution is 7.99. The van der Waals surface area contributed by atoms with E-state index in [2.05, 4.69) is 29.3 Å². The van der Waals surface area contributed by atoms with E-state index < -0.39 is 0 Å². The molecule has 106 valence electrons. The van der Waals surface area contributed by atoms with Crippen molar-refractivity contribution in [3.63, 3.8) is 0 Å². The highest BCUT2D eigenvalue weighted by Crippen LogP contribution is 2.22. The fraction of sp³-hybridized carbons (Fsp3) is 1.00. The molecule has 2 saturated heterocycles. The predicted molar refractivity (Wildman–Crippen MR) is 82.4 cm³/mol. The van der Waals surface area contributed by atoms with Gasteiger partial charge < -0.3 is 10.6 Å². The molecule has 2 aliphatic heterocycles. The van der Waals surface area contributed by atoms with Crippen LogP contribution in [0.4, 0.5) is 0 Å². The quantitative estimate of drug-likeness (QED) is 0.803. The summed E-state index contributed by atoms with van der Waals surface area (Å²) in [6.07, 6.45) is 9.75. The maximum atomic E-state index is 3.77. The van der Waals surface area contributed by atoms with Crippen molar-refractivity contribution in [3.05, 3.63) is 0 Å². The molecule has 0 saturated carbocycles. The second kappa shape index (κ2) is 8.44. The van der Waals surface area contributed by atoms with Gasteiger partial charge in [-0.05, 0) is 69.5 Å². The van der Waals surface area contributed by atoms with Crippen LogP contribution in [0, 0.1) is 5.92 Å². The van der Waals surface area contributed by atoms with Crippen molar-refractivity contribution in [1.29, 1.82) is 0 Å². The van der Waals surface area contributed by atoms with Crippen molar-refractivity contribution in [2.45, 2.75) is 64.0 Å². The topological polar surface area (TPSA) is 24.1 Å². The van der Waals surface area contributed by atoms with E-state index in [-0.39, 0.29) is 0 Å². The van der Waals surface area contributed by atoms with E-state index in [0.717, 1.165) is 12.0 Å². The van der Waals surface area contributed by atoms with Gasteiger partial charge in [-0.15, -0.1) is 0 Å². The monoisotopic (exact) mass is 270 g/mol. The maximum Gasteiger partial charge on any atom is 0.00817 e. The summed E-state index contributed by atoms with van der Waals surface area (Å²) in [7, 11) is 0. The van der Waals surface area contributed by atoms with Gasteiger partial charge in [0.15, 0.2) is 0 Å². The summed E-state index contributed by atoms with van der Waals surface area (Å²) in [6.45, 7) is 4.84. The van der Waals surface area contributed by atoms with Crippen LogP contribution in [0.2, 0.25) is 0 Å². The number of hydrogen-bond donors (Lipinski definition) is 2. The van der Waals surface area contributed by atoms with Gasteiger partial charge in [0.1, 0.15) is 0 Å². The van der Waals surface area contributed by atoms with Crippen LogP contribution in [0.3, 0.4) is 0 Å². The Bertz CT molecular complexity index is 209. The zero-order chi connectivity index (χ0) is 12.6. The summed E-state index contributed by atoms with van der Waals surface area (Å²) >= 11 is 2.13. The van der Waals surface area contributed by atoms with Crippen LogP contribution in [-0.4, -0.2) is 36.7 Å². The van der Waals surface area contributed by atoms with Crippen molar-refractivity contribution < 1.29 is 0 Å². The predicted octanol–water partition coefficient (Wildman–Crippen LogP) is 3.03. The number of rotatable bonds is 5. The normalized spacial score (nSPS) is 28.8. The molecular weight excluding hydrogens is 240 g/mol. The molecule has 0 aromatic carbocycles. The summed E-state index contributed by atoms with van der Waals surface area (Å²) in [4.78, 5) is 0. The van der Waals surface area contributed by atoms with Crippen LogP contribution < -0.4 is 10.6 Å². The second-order valence-corrected chi connectivity index (χ2v) is 7.33. The Labute approximate surface area is 117 Å². The minimum Gasteiger partial charge on any atom is -0.314 e. The Morgan fingerprint density at radius 1 is 1.17 bits per heavy atom. The smallest absolute Gasteiger partial charge is 0.00817 e. The van der Waals surface area contributed by atoms with E-state index in [4.69, 9.17) is 0 Å². The summed E-state index contributed by atoms with van der Waals surface area (Å²) in [5.74, 6) is 3.70. The minimum absolute atomic E-state index is 0.676. The summed E-state index contributed by atoms with van der Waals surface area (Å²) in [5, 5.41) is 7.48. The molecule has 2 rings (SSSR count). The molecule has 2 N–H and O–H groups in total. The SMILES string of the molecule is CC(CC1CCCCCN1)NCC1CCSCC1. The lowest BCUT2D eigenvalue weighted by molar-refractivity contribution is 0.367. The molecule has 0 spiro atoms. The third-order valence-corrected chi connectivity index (χ3v) is 5.45. The fourth-order valence-corrected chi connectivity index (χ4v) is 4.33. The lowest BCUT2D eigenvalue weighted by Crippen LogP contribution is -2.39. The van der Waals surface area contributed by atoms with Crippen LogP contribution in [0.25, 0.3) is 0 Å². The first-order valence-corrected chi connectivity index (χ1v) is 9.04. The Hall–Kier alpha value is 0.270. The van der Waals surface area contributed by atoms with Crippen molar-refractivity contribution >= 4 is 11.8 Å². The maximum absolute atomic E-state index is 3.77. The van der Waals surface area contributed by atoms with Crippen LogP contribution in [0.15, 0.2) is 0 Å².